The number of nitrogens with zero attached hydrogens (tertiary/aromatic N) is 4. The summed E-state index contributed by atoms with van der Waals surface area (Å²) < 4.78 is 0. The lowest BCUT2D eigenvalue weighted by atomic mass is 10.2. The largest absolute Gasteiger partial charge is 0.382 e. The topological polar surface area (TPSA) is 61.4 Å². The summed E-state index contributed by atoms with van der Waals surface area (Å²) in [4.78, 5) is 25.4. The highest BCUT2D eigenvalue weighted by Crippen LogP contribution is 2.25. The molecule has 2 aromatic heterocycles. The van der Waals surface area contributed by atoms with Crippen molar-refractivity contribution in [3.05, 3.63) is 48.4 Å². The Morgan fingerprint density at radius 3 is 2.58 bits per heavy atom. The second kappa shape index (κ2) is 6.47. The fourth-order valence-electron chi connectivity index (χ4n) is 2.94. The summed E-state index contributed by atoms with van der Waals surface area (Å²) in [5.41, 5.74) is 1.51. The van der Waals surface area contributed by atoms with Crippen molar-refractivity contribution in [1.29, 1.82) is 0 Å². The molecule has 2 aliphatic rings. The highest BCUT2D eigenvalue weighted by atomic mass is 16.2. The third-order valence-corrected chi connectivity index (χ3v) is 4.47. The Morgan fingerprint density at radius 2 is 1.88 bits per heavy atom. The van der Waals surface area contributed by atoms with Gasteiger partial charge in [0, 0.05) is 50.3 Å². The van der Waals surface area contributed by atoms with Gasteiger partial charge in [-0.2, -0.15) is 0 Å². The van der Waals surface area contributed by atoms with Crippen LogP contribution in [0.5, 0.6) is 0 Å². The highest BCUT2D eigenvalue weighted by molar-refractivity contribution is 5.93. The van der Waals surface area contributed by atoms with Crippen LogP contribution >= 0.6 is 0 Å². The summed E-state index contributed by atoms with van der Waals surface area (Å²) in [6.07, 6.45) is 5.93. The smallest absolute Gasteiger partial charge is 0.272 e. The molecule has 0 bridgehead atoms. The molecular weight excluding hydrogens is 302 g/mol. The number of pyridine rings is 2. The predicted molar refractivity (Wildman–Crippen MR) is 93.2 cm³/mol. The van der Waals surface area contributed by atoms with E-state index in [1.807, 2.05) is 35.2 Å². The van der Waals surface area contributed by atoms with Gasteiger partial charge in [-0.1, -0.05) is 6.07 Å². The van der Waals surface area contributed by atoms with Crippen LogP contribution < -0.4 is 10.2 Å². The standard InChI is InChI=1S/C18H21N5O/c24-18(16-13-15(6-8-19-16)21-14-4-5-14)23-11-9-22(10-12-23)17-3-1-2-7-20-17/h1-3,6-8,13-14H,4-5,9-12H2,(H,19,21). The predicted octanol–water partition coefficient (Wildman–Crippen LogP) is 2.01. The first-order valence-corrected chi connectivity index (χ1v) is 8.47. The van der Waals surface area contributed by atoms with Crippen molar-refractivity contribution < 1.29 is 4.79 Å². The van der Waals surface area contributed by atoms with Crippen LogP contribution in [0.1, 0.15) is 23.3 Å². The quantitative estimate of drug-likeness (QED) is 0.933. The van der Waals surface area contributed by atoms with Crippen molar-refractivity contribution in [2.45, 2.75) is 18.9 Å². The molecule has 0 spiro atoms. The van der Waals surface area contributed by atoms with Gasteiger partial charge in [-0.3, -0.25) is 9.78 Å². The van der Waals surface area contributed by atoms with Gasteiger partial charge in [0.2, 0.25) is 0 Å². The minimum Gasteiger partial charge on any atom is -0.382 e. The van der Waals surface area contributed by atoms with Gasteiger partial charge in [-0.05, 0) is 37.1 Å². The molecule has 2 fully saturated rings. The SMILES string of the molecule is O=C(c1cc(NC2CC2)ccn1)N1CCN(c2ccccn2)CC1. The van der Waals surface area contributed by atoms with E-state index in [0.29, 0.717) is 24.8 Å². The molecule has 0 atom stereocenters. The van der Waals surface area contributed by atoms with E-state index < -0.39 is 0 Å². The van der Waals surface area contributed by atoms with Gasteiger partial charge in [0.25, 0.3) is 5.91 Å². The number of aromatic nitrogens is 2. The molecule has 6 heteroatoms. The number of carbonyl (C=O) groups excluding carboxylic acids is 1. The van der Waals surface area contributed by atoms with Crippen LogP contribution in [0.15, 0.2) is 42.7 Å². The minimum absolute atomic E-state index is 0.00937. The van der Waals surface area contributed by atoms with Crippen LogP contribution in [-0.4, -0.2) is 53.0 Å². The fraction of sp³-hybridized carbons (Fsp3) is 0.389. The molecule has 24 heavy (non-hydrogen) atoms. The van der Waals surface area contributed by atoms with Gasteiger partial charge >= 0.3 is 0 Å². The van der Waals surface area contributed by atoms with Crippen LogP contribution in [-0.2, 0) is 0 Å². The van der Waals surface area contributed by atoms with E-state index >= 15 is 0 Å². The molecule has 4 rings (SSSR count). The monoisotopic (exact) mass is 323 g/mol. The van der Waals surface area contributed by atoms with Crippen LogP contribution in [0.2, 0.25) is 0 Å². The summed E-state index contributed by atoms with van der Waals surface area (Å²) in [5.74, 6) is 0.980. The Morgan fingerprint density at radius 1 is 1.04 bits per heavy atom. The van der Waals surface area contributed by atoms with E-state index in [1.165, 1.54) is 12.8 Å². The lowest BCUT2D eigenvalue weighted by molar-refractivity contribution is 0.0740. The summed E-state index contributed by atoms with van der Waals surface area (Å²) in [7, 11) is 0. The molecule has 0 radical (unpaired) electrons. The lowest BCUT2D eigenvalue weighted by Gasteiger charge is -2.35. The van der Waals surface area contributed by atoms with Gasteiger partial charge in [-0.25, -0.2) is 4.98 Å². The zero-order chi connectivity index (χ0) is 16.4. The average Bonchev–Trinajstić information content (AvgIpc) is 3.46. The molecule has 2 aromatic rings. The first-order chi connectivity index (χ1) is 11.8. The number of amides is 1. The van der Waals surface area contributed by atoms with Crippen molar-refractivity contribution in [1.82, 2.24) is 14.9 Å². The molecule has 1 aliphatic carbocycles. The number of nitrogens with one attached hydrogen (secondary N) is 1. The summed E-state index contributed by atoms with van der Waals surface area (Å²) >= 11 is 0. The number of piperazine rings is 1. The maximum atomic E-state index is 12.7. The zero-order valence-corrected chi connectivity index (χ0v) is 13.6. The maximum absolute atomic E-state index is 12.7. The van der Waals surface area contributed by atoms with Crippen molar-refractivity contribution in [3.8, 4) is 0 Å². The van der Waals surface area contributed by atoms with E-state index in [9.17, 15) is 4.79 Å². The normalized spacial score (nSPS) is 17.7. The van der Waals surface area contributed by atoms with E-state index in [1.54, 1.807) is 12.4 Å². The Labute approximate surface area is 141 Å². The van der Waals surface area contributed by atoms with E-state index in [-0.39, 0.29) is 5.91 Å². The third kappa shape index (κ3) is 3.32. The molecule has 1 aliphatic heterocycles. The lowest BCUT2D eigenvalue weighted by Crippen LogP contribution is -2.49. The Kier molecular flexibility index (Phi) is 4.02. The van der Waals surface area contributed by atoms with Crippen LogP contribution in [0.3, 0.4) is 0 Å². The molecule has 6 nitrogen and oxygen atoms in total. The number of anilines is 2. The first-order valence-electron chi connectivity index (χ1n) is 8.47. The average molecular weight is 323 g/mol. The molecule has 124 valence electrons. The Bertz CT molecular complexity index is 708. The van der Waals surface area contributed by atoms with Crippen molar-refractivity contribution in [3.63, 3.8) is 0 Å². The molecule has 1 saturated heterocycles. The van der Waals surface area contributed by atoms with Crippen molar-refractivity contribution in [2.75, 3.05) is 36.4 Å². The maximum Gasteiger partial charge on any atom is 0.272 e. The molecule has 1 saturated carbocycles. The number of hydrogen-bond donors (Lipinski definition) is 1. The molecule has 3 heterocycles. The van der Waals surface area contributed by atoms with Gasteiger partial charge < -0.3 is 15.1 Å². The van der Waals surface area contributed by atoms with Gasteiger partial charge in [0.05, 0.1) is 0 Å². The van der Waals surface area contributed by atoms with Crippen LogP contribution in [0.4, 0.5) is 11.5 Å². The van der Waals surface area contributed by atoms with Crippen molar-refractivity contribution in [2.24, 2.45) is 0 Å². The van der Waals surface area contributed by atoms with Gasteiger partial charge in [-0.15, -0.1) is 0 Å². The molecule has 1 amide bonds. The summed E-state index contributed by atoms with van der Waals surface area (Å²) in [5, 5.41) is 3.42. The van der Waals surface area contributed by atoms with Crippen molar-refractivity contribution >= 4 is 17.4 Å². The summed E-state index contributed by atoms with van der Waals surface area (Å²) in [6, 6.07) is 10.3. The second-order valence-corrected chi connectivity index (χ2v) is 6.32. The number of rotatable bonds is 4. The Balaban J connectivity index is 1.39. The van der Waals surface area contributed by atoms with Gasteiger partial charge in [0.1, 0.15) is 11.5 Å². The zero-order valence-electron chi connectivity index (χ0n) is 13.6. The second-order valence-electron chi connectivity index (χ2n) is 6.32. The molecule has 1 N–H and O–H groups in total. The third-order valence-electron chi connectivity index (χ3n) is 4.47. The Hall–Kier alpha value is -2.63. The van der Waals surface area contributed by atoms with Gasteiger partial charge in [0.15, 0.2) is 0 Å². The van der Waals surface area contributed by atoms with E-state index in [4.69, 9.17) is 0 Å². The first kappa shape index (κ1) is 14.9. The van der Waals surface area contributed by atoms with E-state index in [2.05, 4.69) is 20.2 Å². The fourth-order valence-corrected chi connectivity index (χ4v) is 2.94. The summed E-state index contributed by atoms with van der Waals surface area (Å²) in [6.45, 7) is 2.97. The molecular formula is C18H21N5O. The number of carbonyl (C=O) groups is 1. The molecule has 0 unspecified atom stereocenters. The van der Waals surface area contributed by atoms with Crippen LogP contribution in [0.25, 0.3) is 0 Å². The van der Waals surface area contributed by atoms with E-state index in [0.717, 1.165) is 24.6 Å². The van der Waals surface area contributed by atoms with Crippen LogP contribution in [0, 0.1) is 0 Å². The molecule has 0 aromatic carbocycles. The highest BCUT2D eigenvalue weighted by Gasteiger charge is 2.25. The number of hydrogen-bond acceptors (Lipinski definition) is 5. The minimum atomic E-state index is 0.00937.